The molecule has 0 aliphatic carbocycles. The van der Waals surface area contributed by atoms with Crippen molar-refractivity contribution in [1.29, 1.82) is 0 Å². The van der Waals surface area contributed by atoms with Gasteiger partial charge < -0.3 is 4.57 Å². The fourth-order valence-corrected chi connectivity index (χ4v) is 8.17. The van der Waals surface area contributed by atoms with Gasteiger partial charge in [0.1, 0.15) is 11.2 Å². The van der Waals surface area contributed by atoms with Crippen molar-refractivity contribution in [2.75, 3.05) is 0 Å². The zero-order valence-corrected chi connectivity index (χ0v) is 26.5. The van der Waals surface area contributed by atoms with Crippen molar-refractivity contribution in [2.45, 2.75) is 0 Å². The zero-order valence-electron chi connectivity index (χ0n) is 26.5. The van der Waals surface area contributed by atoms with Crippen molar-refractivity contribution >= 4 is 71.2 Å². The van der Waals surface area contributed by atoms with E-state index in [-0.39, 0.29) is 0 Å². The van der Waals surface area contributed by atoms with E-state index >= 15 is 0 Å². The first kappa shape index (κ1) is 26.4. The van der Waals surface area contributed by atoms with Crippen LogP contribution >= 0.6 is 0 Å². The molecule has 0 aliphatic rings. The Bertz CT molecular complexity index is 3090. The molecule has 0 saturated heterocycles. The van der Waals surface area contributed by atoms with Crippen molar-refractivity contribution in [3.8, 4) is 22.5 Å². The van der Waals surface area contributed by atoms with Crippen LogP contribution in [-0.2, 0) is 0 Å². The van der Waals surface area contributed by atoms with E-state index in [9.17, 15) is 0 Å². The number of imidazole rings is 1. The summed E-state index contributed by atoms with van der Waals surface area (Å²) in [5.41, 5.74) is 12.4. The van der Waals surface area contributed by atoms with Crippen LogP contribution in [0.4, 0.5) is 0 Å². The number of fused-ring (bicyclic) bond motifs is 13. The van der Waals surface area contributed by atoms with Gasteiger partial charge in [-0.15, -0.1) is 0 Å². The Balaban J connectivity index is 1.30. The molecule has 4 heteroatoms. The summed E-state index contributed by atoms with van der Waals surface area (Å²) in [5.74, 6) is 0. The Morgan fingerprint density at radius 2 is 0.980 bits per heavy atom. The predicted molar refractivity (Wildman–Crippen MR) is 204 cm³/mol. The van der Waals surface area contributed by atoms with Crippen LogP contribution in [0.25, 0.3) is 93.7 Å². The molecule has 0 fully saturated rings. The average molecular weight is 625 g/mol. The number of nitrogens with zero attached hydrogens (tertiary/aromatic N) is 4. The topological polar surface area (TPSA) is 27.2 Å². The Morgan fingerprint density at radius 1 is 0.388 bits per heavy atom. The minimum Gasteiger partial charge on any atom is -0.309 e. The average Bonchev–Trinajstić information content (AvgIpc) is 3.83. The van der Waals surface area contributed by atoms with Crippen LogP contribution in [0.1, 0.15) is 0 Å². The smallest absolute Gasteiger partial charge is 0.151 e. The van der Waals surface area contributed by atoms with Gasteiger partial charge in [-0.1, -0.05) is 121 Å². The number of benzene rings is 7. The molecule has 0 N–H and O–H groups in total. The molecule has 0 spiro atoms. The second-order valence-electron chi connectivity index (χ2n) is 12.8. The summed E-state index contributed by atoms with van der Waals surface area (Å²) >= 11 is 0. The van der Waals surface area contributed by atoms with E-state index in [4.69, 9.17) is 4.98 Å². The van der Waals surface area contributed by atoms with Gasteiger partial charge in [-0.3, -0.25) is 8.97 Å². The molecule has 49 heavy (non-hydrogen) atoms. The number of pyridine rings is 1. The summed E-state index contributed by atoms with van der Waals surface area (Å²) < 4.78 is 7.16. The monoisotopic (exact) mass is 624 g/mol. The van der Waals surface area contributed by atoms with Crippen LogP contribution in [0.3, 0.4) is 0 Å². The summed E-state index contributed by atoms with van der Waals surface area (Å²) in [6.07, 6.45) is 0. The fourth-order valence-electron chi connectivity index (χ4n) is 8.17. The molecule has 7 aromatic carbocycles. The van der Waals surface area contributed by atoms with Crippen LogP contribution < -0.4 is 0 Å². The van der Waals surface area contributed by atoms with E-state index in [1.807, 2.05) is 0 Å². The number of hydrogen-bond donors (Lipinski definition) is 0. The van der Waals surface area contributed by atoms with Gasteiger partial charge in [-0.25, -0.2) is 4.98 Å². The van der Waals surface area contributed by atoms with E-state index in [2.05, 4.69) is 183 Å². The Hall–Kier alpha value is -6.65. The first-order chi connectivity index (χ1) is 24.3. The first-order valence-electron chi connectivity index (χ1n) is 16.7. The molecule has 0 unspecified atom stereocenters. The van der Waals surface area contributed by atoms with Gasteiger partial charge in [0.05, 0.1) is 22.1 Å². The zero-order chi connectivity index (χ0) is 32.1. The number of aromatic nitrogens is 4. The highest BCUT2D eigenvalue weighted by Gasteiger charge is 2.22. The van der Waals surface area contributed by atoms with Crippen LogP contribution in [-0.4, -0.2) is 18.5 Å². The van der Waals surface area contributed by atoms with Gasteiger partial charge in [0.15, 0.2) is 5.65 Å². The lowest BCUT2D eigenvalue weighted by molar-refractivity contribution is 1.12. The van der Waals surface area contributed by atoms with Gasteiger partial charge in [0.2, 0.25) is 0 Å². The predicted octanol–water partition coefficient (Wildman–Crippen LogP) is 11.5. The summed E-state index contributed by atoms with van der Waals surface area (Å²) in [6, 6.07) is 61.1. The Kier molecular flexibility index (Phi) is 5.35. The quantitative estimate of drug-likeness (QED) is 0.180. The van der Waals surface area contributed by atoms with Crippen molar-refractivity contribution in [1.82, 2.24) is 18.5 Å². The first-order valence-corrected chi connectivity index (χ1v) is 16.7. The summed E-state index contributed by atoms with van der Waals surface area (Å²) in [6.45, 7) is 0. The third-order valence-electron chi connectivity index (χ3n) is 10.2. The Morgan fingerprint density at radius 3 is 1.73 bits per heavy atom. The van der Waals surface area contributed by atoms with Gasteiger partial charge in [0, 0.05) is 38.3 Å². The molecule has 0 saturated carbocycles. The lowest BCUT2D eigenvalue weighted by atomic mass is 9.97. The van der Waals surface area contributed by atoms with Crippen molar-refractivity contribution in [2.24, 2.45) is 0 Å². The summed E-state index contributed by atoms with van der Waals surface area (Å²) in [7, 11) is 0. The summed E-state index contributed by atoms with van der Waals surface area (Å²) in [4.78, 5) is 5.44. The van der Waals surface area contributed by atoms with Gasteiger partial charge in [0.25, 0.3) is 0 Å². The maximum absolute atomic E-state index is 5.44. The number of rotatable bonds is 3. The molecule has 0 amide bonds. The van der Waals surface area contributed by atoms with Crippen molar-refractivity contribution in [3.63, 3.8) is 0 Å². The molecular formula is C45H28N4. The van der Waals surface area contributed by atoms with Gasteiger partial charge >= 0.3 is 0 Å². The molecule has 0 radical (unpaired) electrons. The lowest BCUT2D eigenvalue weighted by Gasteiger charge is -2.14. The molecule has 4 nitrogen and oxygen atoms in total. The molecule has 228 valence electrons. The SMILES string of the molecule is c1ccc(-n2c3ccccc3c3c(-c4ccc5c6ccccc6c6nc7c8ccccc8n(-c8ccccc8)c7n6c5c4)cccc32)cc1. The molecule has 11 aromatic rings. The highest BCUT2D eigenvalue weighted by Crippen LogP contribution is 2.42. The maximum Gasteiger partial charge on any atom is 0.151 e. The van der Waals surface area contributed by atoms with E-state index in [0.29, 0.717) is 0 Å². The summed E-state index contributed by atoms with van der Waals surface area (Å²) in [5, 5.41) is 7.21. The second-order valence-corrected chi connectivity index (χ2v) is 12.8. The number of para-hydroxylation sites is 4. The van der Waals surface area contributed by atoms with Crippen molar-refractivity contribution < 1.29 is 0 Å². The van der Waals surface area contributed by atoms with E-state index < -0.39 is 0 Å². The van der Waals surface area contributed by atoms with Gasteiger partial charge in [-0.05, 0) is 65.0 Å². The third-order valence-corrected chi connectivity index (χ3v) is 10.2. The second kappa shape index (κ2) is 9.93. The molecular weight excluding hydrogens is 597 g/mol. The van der Waals surface area contributed by atoms with E-state index in [1.54, 1.807) is 0 Å². The Labute approximate surface area is 281 Å². The highest BCUT2D eigenvalue weighted by atomic mass is 15.2. The molecule has 0 bridgehead atoms. The van der Waals surface area contributed by atoms with Gasteiger partial charge in [-0.2, -0.15) is 0 Å². The molecule has 0 aliphatic heterocycles. The van der Waals surface area contributed by atoms with E-state index in [0.717, 1.165) is 50.0 Å². The van der Waals surface area contributed by atoms with Crippen LogP contribution in [0.5, 0.6) is 0 Å². The van der Waals surface area contributed by atoms with Crippen LogP contribution in [0.15, 0.2) is 170 Å². The normalized spacial score (nSPS) is 12.1. The molecule has 4 aromatic heterocycles. The lowest BCUT2D eigenvalue weighted by Crippen LogP contribution is -1.99. The fraction of sp³-hybridized carbons (Fsp3) is 0. The van der Waals surface area contributed by atoms with Crippen LogP contribution in [0.2, 0.25) is 0 Å². The molecule has 0 atom stereocenters. The largest absolute Gasteiger partial charge is 0.309 e. The minimum atomic E-state index is 0.972. The maximum atomic E-state index is 5.44. The molecule has 4 heterocycles. The third kappa shape index (κ3) is 3.60. The standard InChI is InChI=1S/C45H28N4/c1-3-14-30(15-4-1)47-38-23-11-9-20-36(38)42-32(22-13-25-40(42)47)29-26-27-34-33-18-7-8-19-35(33)44-46-43-37-21-10-12-24-39(37)48(31-16-5-2-6-17-31)45(43)49(44)41(34)28-29/h1-28H. The van der Waals surface area contributed by atoms with Crippen LogP contribution in [0, 0.1) is 0 Å². The number of hydrogen-bond acceptors (Lipinski definition) is 1. The van der Waals surface area contributed by atoms with Crippen molar-refractivity contribution in [3.05, 3.63) is 170 Å². The molecule has 11 rings (SSSR count). The minimum absolute atomic E-state index is 0.972. The van der Waals surface area contributed by atoms with E-state index in [1.165, 1.54) is 43.7 Å². The highest BCUT2D eigenvalue weighted by molar-refractivity contribution is 6.19.